The molecule has 0 saturated carbocycles. The number of fused-ring (bicyclic) bond motifs is 1. The zero-order chi connectivity index (χ0) is 15.0. The SMILES string of the molecule is N#Cc1ccc2c(C(=O)c3ccc(Cl)cc3Cl)c[nH]c2c1. The number of nitrogens with zero attached hydrogens (tertiary/aromatic N) is 1. The lowest BCUT2D eigenvalue weighted by Crippen LogP contribution is -2.01. The minimum atomic E-state index is -0.187. The van der Waals surface area contributed by atoms with Crippen molar-refractivity contribution in [2.24, 2.45) is 0 Å². The van der Waals surface area contributed by atoms with E-state index in [1.54, 1.807) is 42.6 Å². The van der Waals surface area contributed by atoms with Crippen LogP contribution in [-0.4, -0.2) is 10.8 Å². The van der Waals surface area contributed by atoms with Gasteiger partial charge in [-0.05, 0) is 30.3 Å². The lowest BCUT2D eigenvalue weighted by atomic mass is 10.0. The van der Waals surface area contributed by atoms with Gasteiger partial charge in [-0.3, -0.25) is 4.79 Å². The minimum Gasteiger partial charge on any atom is -0.360 e. The average Bonchev–Trinajstić information content (AvgIpc) is 2.89. The van der Waals surface area contributed by atoms with Crippen molar-refractivity contribution >= 4 is 39.9 Å². The third kappa shape index (κ3) is 2.40. The van der Waals surface area contributed by atoms with Crippen molar-refractivity contribution < 1.29 is 4.79 Å². The van der Waals surface area contributed by atoms with Crippen molar-refractivity contribution in [3.63, 3.8) is 0 Å². The number of aromatic nitrogens is 1. The molecular weight excluding hydrogens is 307 g/mol. The molecule has 3 rings (SSSR count). The van der Waals surface area contributed by atoms with E-state index in [2.05, 4.69) is 11.1 Å². The van der Waals surface area contributed by atoms with Gasteiger partial charge in [0.05, 0.1) is 16.7 Å². The summed E-state index contributed by atoms with van der Waals surface area (Å²) in [4.78, 5) is 15.6. The molecule has 21 heavy (non-hydrogen) atoms. The molecular formula is C16H8Cl2N2O. The molecule has 0 atom stereocenters. The van der Waals surface area contributed by atoms with E-state index >= 15 is 0 Å². The highest BCUT2D eigenvalue weighted by atomic mass is 35.5. The monoisotopic (exact) mass is 314 g/mol. The molecule has 3 aromatic rings. The maximum Gasteiger partial charge on any atom is 0.196 e. The van der Waals surface area contributed by atoms with Crippen molar-refractivity contribution in [1.82, 2.24) is 4.98 Å². The van der Waals surface area contributed by atoms with Crippen molar-refractivity contribution in [3.8, 4) is 6.07 Å². The molecule has 0 aliphatic rings. The Balaban J connectivity index is 2.12. The first kappa shape index (κ1) is 13.7. The highest BCUT2D eigenvalue weighted by molar-refractivity contribution is 6.38. The van der Waals surface area contributed by atoms with E-state index in [1.165, 1.54) is 0 Å². The lowest BCUT2D eigenvalue weighted by Gasteiger charge is -2.03. The summed E-state index contributed by atoms with van der Waals surface area (Å²) in [7, 11) is 0. The summed E-state index contributed by atoms with van der Waals surface area (Å²) in [5.41, 5.74) is 2.18. The zero-order valence-electron chi connectivity index (χ0n) is 10.7. The number of halogens is 2. The Hall–Kier alpha value is -2.28. The van der Waals surface area contributed by atoms with Crippen molar-refractivity contribution in [3.05, 3.63) is 69.3 Å². The van der Waals surface area contributed by atoms with E-state index in [-0.39, 0.29) is 5.78 Å². The number of carbonyl (C=O) groups excluding carboxylic acids is 1. The van der Waals surface area contributed by atoms with Gasteiger partial charge < -0.3 is 4.98 Å². The molecule has 102 valence electrons. The Kier molecular flexibility index (Phi) is 3.42. The van der Waals surface area contributed by atoms with Gasteiger partial charge >= 0.3 is 0 Å². The van der Waals surface area contributed by atoms with Crippen LogP contribution in [0.5, 0.6) is 0 Å². The number of benzene rings is 2. The largest absolute Gasteiger partial charge is 0.360 e. The third-order valence-electron chi connectivity index (χ3n) is 3.23. The number of nitriles is 1. The third-order valence-corrected chi connectivity index (χ3v) is 3.78. The average molecular weight is 315 g/mol. The first-order chi connectivity index (χ1) is 10.1. The lowest BCUT2D eigenvalue weighted by molar-refractivity contribution is 0.104. The fourth-order valence-electron chi connectivity index (χ4n) is 2.20. The summed E-state index contributed by atoms with van der Waals surface area (Å²) < 4.78 is 0. The summed E-state index contributed by atoms with van der Waals surface area (Å²) >= 11 is 11.9. The molecule has 0 spiro atoms. The van der Waals surface area contributed by atoms with E-state index in [0.717, 1.165) is 10.9 Å². The van der Waals surface area contributed by atoms with Gasteiger partial charge in [-0.1, -0.05) is 29.3 Å². The van der Waals surface area contributed by atoms with E-state index in [1.807, 2.05) is 0 Å². The molecule has 1 heterocycles. The molecule has 5 heteroatoms. The summed E-state index contributed by atoms with van der Waals surface area (Å²) in [6.45, 7) is 0. The molecule has 0 bridgehead atoms. The van der Waals surface area contributed by atoms with Crippen molar-refractivity contribution in [2.45, 2.75) is 0 Å². The van der Waals surface area contributed by atoms with Crippen LogP contribution in [0.15, 0.2) is 42.6 Å². The van der Waals surface area contributed by atoms with Gasteiger partial charge in [0.25, 0.3) is 0 Å². The van der Waals surface area contributed by atoms with Crippen molar-refractivity contribution in [2.75, 3.05) is 0 Å². The summed E-state index contributed by atoms with van der Waals surface area (Å²) in [6, 6.07) is 12.0. The van der Waals surface area contributed by atoms with Crippen LogP contribution in [0.1, 0.15) is 21.5 Å². The summed E-state index contributed by atoms with van der Waals surface area (Å²) in [5.74, 6) is -0.187. The Morgan fingerprint density at radius 2 is 1.90 bits per heavy atom. The molecule has 2 aromatic carbocycles. The topological polar surface area (TPSA) is 56.6 Å². The first-order valence-electron chi connectivity index (χ1n) is 6.11. The predicted octanol–water partition coefficient (Wildman–Crippen LogP) is 4.58. The Morgan fingerprint density at radius 3 is 2.62 bits per heavy atom. The van der Waals surface area contributed by atoms with Crippen LogP contribution in [0, 0.1) is 11.3 Å². The molecule has 0 aliphatic heterocycles. The second-order valence-electron chi connectivity index (χ2n) is 4.53. The molecule has 3 nitrogen and oxygen atoms in total. The quantitative estimate of drug-likeness (QED) is 0.704. The fraction of sp³-hybridized carbons (Fsp3) is 0. The van der Waals surface area contributed by atoms with Gasteiger partial charge in [-0.15, -0.1) is 0 Å². The summed E-state index contributed by atoms with van der Waals surface area (Å²) in [6.07, 6.45) is 1.62. The molecule has 0 aliphatic carbocycles. The molecule has 0 unspecified atom stereocenters. The molecule has 0 fully saturated rings. The number of hydrogen-bond acceptors (Lipinski definition) is 2. The van der Waals surface area contributed by atoms with E-state index in [4.69, 9.17) is 28.5 Å². The van der Waals surface area contributed by atoms with Gasteiger partial charge in [-0.2, -0.15) is 5.26 Å². The molecule has 1 N–H and O–H groups in total. The smallest absolute Gasteiger partial charge is 0.196 e. The fourth-order valence-corrected chi connectivity index (χ4v) is 2.70. The number of H-pyrrole nitrogens is 1. The van der Waals surface area contributed by atoms with Crippen LogP contribution in [0.3, 0.4) is 0 Å². The number of aromatic amines is 1. The second kappa shape index (κ2) is 5.25. The Morgan fingerprint density at radius 1 is 1.10 bits per heavy atom. The second-order valence-corrected chi connectivity index (χ2v) is 5.37. The number of ketones is 1. The van der Waals surface area contributed by atoms with Crippen LogP contribution in [-0.2, 0) is 0 Å². The Bertz CT molecular complexity index is 906. The molecule has 1 aromatic heterocycles. The van der Waals surface area contributed by atoms with Crippen LogP contribution in [0.4, 0.5) is 0 Å². The minimum absolute atomic E-state index is 0.187. The van der Waals surface area contributed by atoms with E-state index < -0.39 is 0 Å². The zero-order valence-corrected chi connectivity index (χ0v) is 12.2. The van der Waals surface area contributed by atoms with Crippen LogP contribution >= 0.6 is 23.2 Å². The highest BCUT2D eigenvalue weighted by Crippen LogP contribution is 2.27. The molecule has 0 radical (unpaired) electrons. The highest BCUT2D eigenvalue weighted by Gasteiger charge is 2.17. The number of carbonyl (C=O) groups is 1. The maximum atomic E-state index is 12.6. The first-order valence-corrected chi connectivity index (χ1v) is 6.87. The molecule has 0 amide bonds. The molecule has 0 saturated heterocycles. The summed E-state index contributed by atoms with van der Waals surface area (Å²) in [5, 5.41) is 10.4. The van der Waals surface area contributed by atoms with Gasteiger partial charge in [0.1, 0.15) is 0 Å². The van der Waals surface area contributed by atoms with Gasteiger partial charge in [0.2, 0.25) is 0 Å². The van der Waals surface area contributed by atoms with Crippen LogP contribution in [0.2, 0.25) is 10.0 Å². The van der Waals surface area contributed by atoms with E-state index in [0.29, 0.717) is 26.7 Å². The number of nitrogens with one attached hydrogen (secondary N) is 1. The van der Waals surface area contributed by atoms with Crippen LogP contribution < -0.4 is 0 Å². The Labute approximate surface area is 130 Å². The van der Waals surface area contributed by atoms with Gasteiger partial charge in [-0.25, -0.2) is 0 Å². The number of hydrogen-bond donors (Lipinski definition) is 1. The van der Waals surface area contributed by atoms with Crippen molar-refractivity contribution in [1.29, 1.82) is 5.26 Å². The normalized spacial score (nSPS) is 10.5. The number of rotatable bonds is 2. The maximum absolute atomic E-state index is 12.6. The standard InChI is InChI=1S/C16H8Cl2N2O/c17-10-2-4-12(14(18)6-10)16(21)13-8-20-15-5-9(7-19)1-3-11(13)15/h1-6,8,20H. The van der Waals surface area contributed by atoms with Gasteiger partial charge in [0.15, 0.2) is 5.78 Å². The van der Waals surface area contributed by atoms with E-state index in [9.17, 15) is 4.79 Å². The van der Waals surface area contributed by atoms with Crippen LogP contribution in [0.25, 0.3) is 10.9 Å². The van der Waals surface area contributed by atoms with Gasteiger partial charge in [0, 0.05) is 33.2 Å². The predicted molar refractivity (Wildman–Crippen MR) is 82.9 cm³/mol.